The summed E-state index contributed by atoms with van der Waals surface area (Å²) in [6.45, 7) is 3.22. The van der Waals surface area contributed by atoms with Gasteiger partial charge in [0.1, 0.15) is 5.82 Å². The summed E-state index contributed by atoms with van der Waals surface area (Å²) in [6.07, 6.45) is 0.606. The number of furan rings is 1. The zero-order valence-electron chi connectivity index (χ0n) is 10.3. The van der Waals surface area contributed by atoms with E-state index < -0.39 is 0 Å². The summed E-state index contributed by atoms with van der Waals surface area (Å²) in [7, 11) is 0. The van der Waals surface area contributed by atoms with Crippen molar-refractivity contribution in [2.45, 2.75) is 19.9 Å². The van der Waals surface area contributed by atoms with Crippen LogP contribution in [0.15, 0.2) is 21.2 Å². The fourth-order valence-electron chi connectivity index (χ4n) is 1.68. The number of amides is 1. The second-order valence-electron chi connectivity index (χ2n) is 3.80. The number of hydrogen-bond donors (Lipinski definition) is 2. The van der Waals surface area contributed by atoms with E-state index in [0.29, 0.717) is 22.4 Å². The SMILES string of the molecule is CCn1c(CCNC(=O)c2ccc(Br)o2)n[nH]c1=S. The lowest BCUT2D eigenvalue weighted by molar-refractivity contribution is 0.0925. The summed E-state index contributed by atoms with van der Waals surface area (Å²) in [5.41, 5.74) is 0. The maximum Gasteiger partial charge on any atom is 0.287 e. The molecule has 0 fully saturated rings. The number of H-pyrrole nitrogens is 1. The van der Waals surface area contributed by atoms with Crippen LogP contribution in [0, 0.1) is 4.77 Å². The molecular formula is C11H13BrN4O2S. The predicted molar refractivity (Wildman–Crippen MR) is 75.5 cm³/mol. The Morgan fingerprint density at radius 2 is 2.42 bits per heavy atom. The minimum Gasteiger partial charge on any atom is -0.444 e. The molecule has 1 amide bonds. The highest BCUT2D eigenvalue weighted by molar-refractivity contribution is 9.10. The predicted octanol–water partition coefficient (Wildman–Crippen LogP) is 2.29. The van der Waals surface area contributed by atoms with E-state index in [0.717, 1.165) is 12.4 Å². The van der Waals surface area contributed by atoms with Gasteiger partial charge in [-0.25, -0.2) is 0 Å². The summed E-state index contributed by atoms with van der Waals surface area (Å²) in [5.74, 6) is 0.859. The molecule has 2 rings (SSSR count). The average molecular weight is 345 g/mol. The molecular weight excluding hydrogens is 332 g/mol. The first-order valence-corrected chi connectivity index (χ1v) is 6.99. The number of aromatic nitrogens is 3. The lowest BCUT2D eigenvalue weighted by Crippen LogP contribution is -2.26. The van der Waals surface area contributed by atoms with Gasteiger partial charge < -0.3 is 14.3 Å². The van der Waals surface area contributed by atoms with Crippen molar-refractivity contribution in [3.05, 3.63) is 33.2 Å². The van der Waals surface area contributed by atoms with Crippen molar-refractivity contribution in [2.24, 2.45) is 0 Å². The molecule has 2 heterocycles. The minimum atomic E-state index is -0.247. The number of rotatable bonds is 5. The Balaban J connectivity index is 1.90. The maximum absolute atomic E-state index is 11.7. The van der Waals surface area contributed by atoms with E-state index in [4.69, 9.17) is 16.6 Å². The van der Waals surface area contributed by atoms with Crippen LogP contribution in [0.25, 0.3) is 0 Å². The summed E-state index contributed by atoms with van der Waals surface area (Å²) in [5, 5.41) is 9.63. The first-order chi connectivity index (χ1) is 9.11. The van der Waals surface area contributed by atoms with E-state index >= 15 is 0 Å². The summed E-state index contributed by atoms with van der Waals surface area (Å²) in [4.78, 5) is 11.7. The van der Waals surface area contributed by atoms with Crippen LogP contribution in [0.5, 0.6) is 0 Å². The number of carbonyl (C=O) groups excluding carboxylic acids is 1. The van der Waals surface area contributed by atoms with Crippen molar-refractivity contribution in [1.29, 1.82) is 0 Å². The van der Waals surface area contributed by atoms with E-state index in [2.05, 4.69) is 31.4 Å². The van der Waals surface area contributed by atoms with E-state index in [-0.39, 0.29) is 11.7 Å². The lowest BCUT2D eigenvalue weighted by atomic mass is 10.3. The molecule has 2 N–H and O–H groups in total. The first kappa shape index (κ1) is 14.0. The molecule has 0 saturated carbocycles. The maximum atomic E-state index is 11.7. The van der Waals surface area contributed by atoms with Crippen LogP contribution in [0.4, 0.5) is 0 Å². The van der Waals surface area contributed by atoms with Gasteiger partial charge in [0, 0.05) is 19.5 Å². The highest BCUT2D eigenvalue weighted by Gasteiger charge is 2.10. The van der Waals surface area contributed by atoms with Gasteiger partial charge in [-0.15, -0.1) is 0 Å². The monoisotopic (exact) mass is 344 g/mol. The topological polar surface area (TPSA) is 75.8 Å². The van der Waals surface area contributed by atoms with Crippen LogP contribution in [0.2, 0.25) is 0 Å². The zero-order chi connectivity index (χ0) is 13.8. The van der Waals surface area contributed by atoms with Crippen molar-refractivity contribution in [3.63, 3.8) is 0 Å². The lowest BCUT2D eigenvalue weighted by Gasteiger charge is -2.04. The van der Waals surface area contributed by atoms with Crippen LogP contribution in [-0.4, -0.2) is 27.2 Å². The van der Waals surface area contributed by atoms with E-state index in [9.17, 15) is 4.79 Å². The van der Waals surface area contributed by atoms with Crippen LogP contribution < -0.4 is 5.32 Å². The molecule has 0 radical (unpaired) electrons. The molecule has 0 unspecified atom stereocenters. The van der Waals surface area contributed by atoms with Crippen LogP contribution in [0.1, 0.15) is 23.3 Å². The molecule has 8 heteroatoms. The molecule has 0 bridgehead atoms. The Hall–Kier alpha value is -1.41. The summed E-state index contributed by atoms with van der Waals surface area (Å²) >= 11 is 8.24. The van der Waals surface area contributed by atoms with Crippen molar-refractivity contribution >= 4 is 34.1 Å². The molecule has 0 aromatic carbocycles. The smallest absolute Gasteiger partial charge is 0.287 e. The van der Waals surface area contributed by atoms with Gasteiger partial charge in [0.15, 0.2) is 15.2 Å². The number of aromatic amines is 1. The molecule has 0 aliphatic heterocycles. The van der Waals surface area contributed by atoms with Gasteiger partial charge in [-0.05, 0) is 47.2 Å². The third kappa shape index (κ3) is 3.32. The van der Waals surface area contributed by atoms with E-state index in [1.54, 1.807) is 12.1 Å². The Morgan fingerprint density at radius 3 is 3.05 bits per heavy atom. The van der Waals surface area contributed by atoms with Gasteiger partial charge in [-0.1, -0.05) is 0 Å². The Labute approximate surface area is 123 Å². The molecule has 0 aliphatic carbocycles. The van der Waals surface area contributed by atoms with Gasteiger partial charge in [0.25, 0.3) is 5.91 Å². The standard InChI is InChI=1S/C11H13BrN4O2S/c1-2-16-9(14-15-11(16)19)5-6-13-10(17)7-3-4-8(12)18-7/h3-4H,2,5-6H2,1H3,(H,13,17)(H,15,19). The molecule has 0 saturated heterocycles. The highest BCUT2D eigenvalue weighted by Crippen LogP contribution is 2.13. The van der Waals surface area contributed by atoms with Gasteiger partial charge in [-0.3, -0.25) is 9.89 Å². The number of carbonyl (C=O) groups is 1. The molecule has 0 atom stereocenters. The van der Waals surface area contributed by atoms with Gasteiger partial charge in [0.2, 0.25) is 0 Å². The highest BCUT2D eigenvalue weighted by atomic mass is 79.9. The Bertz CT molecular complexity index is 631. The molecule has 2 aromatic heterocycles. The molecule has 19 heavy (non-hydrogen) atoms. The summed E-state index contributed by atoms with van der Waals surface area (Å²) < 4.78 is 8.18. The fraction of sp³-hybridized carbons (Fsp3) is 0.364. The van der Waals surface area contributed by atoms with Gasteiger partial charge >= 0.3 is 0 Å². The average Bonchev–Trinajstić information content (AvgIpc) is 2.96. The molecule has 0 spiro atoms. The van der Waals surface area contributed by atoms with Crippen molar-refractivity contribution in [2.75, 3.05) is 6.54 Å². The third-order valence-corrected chi connectivity index (χ3v) is 3.32. The first-order valence-electron chi connectivity index (χ1n) is 5.79. The molecule has 2 aromatic rings. The van der Waals surface area contributed by atoms with E-state index in [1.807, 2.05) is 11.5 Å². The van der Waals surface area contributed by atoms with E-state index in [1.165, 1.54) is 0 Å². The van der Waals surface area contributed by atoms with Crippen LogP contribution in [-0.2, 0) is 13.0 Å². The zero-order valence-corrected chi connectivity index (χ0v) is 12.7. The van der Waals surface area contributed by atoms with Crippen LogP contribution >= 0.6 is 28.1 Å². The van der Waals surface area contributed by atoms with Crippen LogP contribution in [0.3, 0.4) is 0 Å². The number of halogens is 1. The van der Waals surface area contributed by atoms with Crippen molar-refractivity contribution in [1.82, 2.24) is 20.1 Å². The second-order valence-corrected chi connectivity index (χ2v) is 4.97. The minimum absolute atomic E-state index is 0.247. The van der Waals surface area contributed by atoms with Crippen molar-refractivity contribution in [3.8, 4) is 0 Å². The molecule has 102 valence electrons. The Kier molecular flexibility index (Phi) is 4.54. The fourth-order valence-corrected chi connectivity index (χ4v) is 2.27. The quantitative estimate of drug-likeness (QED) is 0.816. The molecule has 0 aliphatic rings. The second kappa shape index (κ2) is 6.16. The van der Waals surface area contributed by atoms with Crippen molar-refractivity contribution < 1.29 is 9.21 Å². The summed E-state index contributed by atoms with van der Waals surface area (Å²) in [6, 6.07) is 3.29. The molecule has 6 nitrogen and oxygen atoms in total. The Morgan fingerprint density at radius 1 is 1.63 bits per heavy atom. The number of hydrogen-bond acceptors (Lipinski definition) is 4. The normalized spacial score (nSPS) is 10.6. The third-order valence-electron chi connectivity index (χ3n) is 2.58. The van der Waals surface area contributed by atoms with Gasteiger partial charge in [0.05, 0.1) is 0 Å². The largest absolute Gasteiger partial charge is 0.444 e. The number of nitrogens with zero attached hydrogens (tertiary/aromatic N) is 2. The number of nitrogens with one attached hydrogen (secondary N) is 2. The van der Waals surface area contributed by atoms with Gasteiger partial charge in [-0.2, -0.15) is 5.10 Å².